The van der Waals surface area contributed by atoms with Crippen LogP contribution < -0.4 is 15.2 Å². The van der Waals surface area contributed by atoms with E-state index in [2.05, 4.69) is 0 Å². The second-order valence-corrected chi connectivity index (χ2v) is 4.44. The summed E-state index contributed by atoms with van der Waals surface area (Å²) in [6.45, 7) is 2.75. The summed E-state index contributed by atoms with van der Waals surface area (Å²) in [6, 6.07) is 2.65. The maximum Gasteiger partial charge on any atom is 0.270 e. The third kappa shape index (κ3) is 2.49. The van der Waals surface area contributed by atoms with Crippen molar-refractivity contribution in [3.05, 3.63) is 23.3 Å². The molecule has 1 atom stereocenters. The predicted octanol–water partition coefficient (Wildman–Crippen LogP) is 2.42. The van der Waals surface area contributed by atoms with E-state index in [1.54, 1.807) is 0 Å². The Morgan fingerprint density at radius 2 is 2.12 bits per heavy atom. The molecule has 1 aliphatic heterocycles. The zero-order valence-corrected chi connectivity index (χ0v) is 9.80. The van der Waals surface area contributed by atoms with Crippen molar-refractivity contribution in [1.29, 1.82) is 0 Å². The Hall–Kier alpha value is -1.36. The van der Waals surface area contributed by atoms with Crippen LogP contribution in [0.3, 0.4) is 0 Å². The molecule has 0 spiro atoms. The van der Waals surface area contributed by atoms with Crippen LogP contribution in [0.15, 0.2) is 12.1 Å². The molecule has 0 bridgehead atoms. The van der Waals surface area contributed by atoms with E-state index in [0.29, 0.717) is 23.5 Å². The first-order valence-corrected chi connectivity index (χ1v) is 5.44. The first kappa shape index (κ1) is 12.1. The van der Waals surface area contributed by atoms with E-state index in [-0.39, 0.29) is 18.4 Å². The van der Waals surface area contributed by atoms with E-state index in [1.165, 1.54) is 12.1 Å². The number of nitrogens with two attached hydrogens (primary N) is 1. The smallest absolute Gasteiger partial charge is 0.270 e. The number of benzene rings is 1. The molecule has 0 saturated heterocycles. The van der Waals surface area contributed by atoms with Crippen molar-refractivity contribution in [2.75, 3.05) is 6.79 Å². The first-order chi connectivity index (χ1) is 7.88. The van der Waals surface area contributed by atoms with Gasteiger partial charge in [-0.3, -0.25) is 0 Å². The maximum absolute atomic E-state index is 13.3. The molecule has 0 radical (unpaired) electrons. The summed E-state index contributed by atoms with van der Waals surface area (Å²) in [6.07, 6.45) is 0.482. The highest BCUT2D eigenvalue weighted by Crippen LogP contribution is 2.41. The van der Waals surface area contributed by atoms with Gasteiger partial charge in [0.15, 0.2) is 11.5 Å². The molecule has 1 aromatic rings. The highest BCUT2D eigenvalue weighted by atomic mass is 19.3. The van der Waals surface area contributed by atoms with Crippen molar-refractivity contribution >= 4 is 0 Å². The quantitative estimate of drug-likeness (QED) is 0.886. The summed E-state index contributed by atoms with van der Waals surface area (Å²) < 4.78 is 37.1. The lowest BCUT2D eigenvalue weighted by Crippen LogP contribution is -2.18. The van der Waals surface area contributed by atoms with Crippen LogP contribution in [0, 0.1) is 0 Å². The molecule has 2 N–H and O–H groups in total. The summed E-state index contributed by atoms with van der Waals surface area (Å²) in [5.41, 5.74) is 6.29. The van der Waals surface area contributed by atoms with E-state index < -0.39 is 5.92 Å². The minimum atomic E-state index is -2.90. The van der Waals surface area contributed by atoms with E-state index in [9.17, 15) is 8.78 Å². The van der Waals surface area contributed by atoms with E-state index >= 15 is 0 Å². The summed E-state index contributed by atoms with van der Waals surface area (Å²) in [5, 5.41) is 0. The van der Waals surface area contributed by atoms with Gasteiger partial charge in [-0.25, -0.2) is 8.78 Å². The molecule has 0 aromatic heterocycles. The fraction of sp³-hybridized carbons (Fsp3) is 0.500. The molecular weight excluding hydrogens is 228 g/mol. The third-order valence-corrected chi connectivity index (χ3v) is 2.60. The average Bonchev–Trinajstić information content (AvgIpc) is 2.62. The highest BCUT2D eigenvalue weighted by Gasteiger charge is 2.29. The van der Waals surface area contributed by atoms with Gasteiger partial charge < -0.3 is 15.2 Å². The van der Waals surface area contributed by atoms with Gasteiger partial charge in [-0.05, 0) is 25.5 Å². The zero-order chi connectivity index (χ0) is 12.6. The van der Waals surface area contributed by atoms with Crippen LogP contribution in [-0.4, -0.2) is 12.8 Å². The highest BCUT2D eigenvalue weighted by molar-refractivity contribution is 5.52. The number of hydrogen-bond donors (Lipinski definition) is 1. The second-order valence-electron chi connectivity index (χ2n) is 4.44. The van der Waals surface area contributed by atoms with Gasteiger partial charge in [-0.2, -0.15) is 0 Å². The Morgan fingerprint density at radius 3 is 2.71 bits per heavy atom. The van der Waals surface area contributed by atoms with Crippen LogP contribution in [0.4, 0.5) is 8.78 Å². The number of hydrogen-bond acceptors (Lipinski definition) is 3. The van der Waals surface area contributed by atoms with Crippen molar-refractivity contribution in [1.82, 2.24) is 0 Å². The van der Waals surface area contributed by atoms with Crippen molar-refractivity contribution in [3.63, 3.8) is 0 Å². The van der Waals surface area contributed by atoms with Gasteiger partial charge in [-0.15, -0.1) is 0 Å². The summed E-state index contributed by atoms with van der Waals surface area (Å²) in [7, 11) is 0. The number of ether oxygens (including phenoxy) is 2. The van der Waals surface area contributed by atoms with Gasteiger partial charge in [0.25, 0.3) is 5.92 Å². The van der Waals surface area contributed by atoms with Crippen LogP contribution in [0.1, 0.15) is 25.0 Å². The van der Waals surface area contributed by atoms with E-state index in [1.807, 2.05) is 6.92 Å². The van der Waals surface area contributed by atoms with Gasteiger partial charge >= 0.3 is 0 Å². The van der Waals surface area contributed by atoms with E-state index in [0.717, 1.165) is 6.92 Å². The second kappa shape index (κ2) is 4.14. The molecule has 1 heterocycles. The van der Waals surface area contributed by atoms with Gasteiger partial charge in [0.05, 0.1) is 0 Å². The lowest BCUT2D eigenvalue weighted by Gasteiger charge is -2.15. The molecular formula is C12H15F2NO2. The maximum atomic E-state index is 13.3. The molecule has 0 fully saturated rings. The molecule has 5 heteroatoms. The first-order valence-electron chi connectivity index (χ1n) is 5.44. The zero-order valence-electron chi connectivity index (χ0n) is 9.80. The van der Waals surface area contributed by atoms with Crippen LogP contribution in [0.2, 0.25) is 0 Å². The molecule has 0 aliphatic carbocycles. The van der Waals surface area contributed by atoms with Crippen molar-refractivity contribution in [2.45, 2.75) is 32.2 Å². The number of alkyl halides is 2. The fourth-order valence-corrected chi connectivity index (χ4v) is 1.83. The van der Waals surface area contributed by atoms with Crippen molar-refractivity contribution < 1.29 is 18.3 Å². The molecule has 1 unspecified atom stereocenters. The topological polar surface area (TPSA) is 44.5 Å². The number of rotatable bonds is 3. The molecule has 94 valence electrons. The van der Waals surface area contributed by atoms with Crippen LogP contribution in [0.25, 0.3) is 0 Å². The molecule has 2 rings (SSSR count). The van der Waals surface area contributed by atoms with Gasteiger partial charge in [0, 0.05) is 24.1 Å². The SMILES string of the molecule is CC(N)Cc1cc(C(C)(F)F)cc2c1OCO2. The van der Waals surface area contributed by atoms with Gasteiger partial charge in [-0.1, -0.05) is 0 Å². The Morgan fingerprint density at radius 1 is 1.41 bits per heavy atom. The standard InChI is InChI=1S/C12H15F2NO2/c1-7(15)3-8-4-9(12(2,13)14)5-10-11(8)17-6-16-10/h4-5,7H,3,6,15H2,1-2H3. The molecule has 0 amide bonds. The van der Waals surface area contributed by atoms with Gasteiger partial charge in [0.1, 0.15) is 0 Å². The molecule has 1 aromatic carbocycles. The third-order valence-electron chi connectivity index (χ3n) is 2.60. The Balaban J connectivity index is 2.46. The molecule has 1 aliphatic rings. The minimum absolute atomic E-state index is 0.0695. The van der Waals surface area contributed by atoms with Crippen LogP contribution >= 0.6 is 0 Å². The fourth-order valence-electron chi connectivity index (χ4n) is 1.83. The normalized spacial score (nSPS) is 16.1. The molecule has 17 heavy (non-hydrogen) atoms. The Kier molecular flexibility index (Phi) is 2.95. The van der Waals surface area contributed by atoms with Gasteiger partial charge in [0.2, 0.25) is 6.79 Å². The molecule has 3 nitrogen and oxygen atoms in total. The lowest BCUT2D eigenvalue weighted by molar-refractivity contribution is 0.0172. The Labute approximate surface area is 98.5 Å². The summed E-state index contributed by atoms with van der Waals surface area (Å²) in [4.78, 5) is 0. The average molecular weight is 243 g/mol. The number of halogens is 2. The van der Waals surface area contributed by atoms with Crippen molar-refractivity contribution in [2.24, 2.45) is 5.73 Å². The Bertz CT molecular complexity index is 427. The summed E-state index contributed by atoms with van der Waals surface area (Å²) in [5.74, 6) is -1.98. The predicted molar refractivity (Wildman–Crippen MR) is 59.5 cm³/mol. The number of fused-ring (bicyclic) bond motifs is 1. The largest absolute Gasteiger partial charge is 0.454 e. The lowest BCUT2D eigenvalue weighted by atomic mass is 10.00. The van der Waals surface area contributed by atoms with Crippen LogP contribution in [0.5, 0.6) is 11.5 Å². The van der Waals surface area contributed by atoms with Crippen LogP contribution in [-0.2, 0) is 12.3 Å². The van der Waals surface area contributed by atoms with Crippen molar-refractivity contribution in [3.8, 4) is 11.5 Å². The summed E-state index contributed by atoms with van der Waals surface area (Å²) >= 11 is 0. The molecule has 0 saturated carbocycles. The minimum Gasteiger partial charge on any atom is -0.454 e. The monoisotopic (exact) mass is 243 g/mol. The van der Waals surface area contributed by atoms with E-state index in [4.69, 9.17) is 15.2 Å².